The summed E-state index contributed by atoms with van der Waals surface area (Å²) in [5, 5.41) is 9.00. The predicted octanol–water partition coefficient (Wildman–Crippen LogP) is 2.23. The molecule has 0 atom stereocenters. The average Bonchev–Trinajstić information content (AvgIpc) is 2.51. The van der Waals surface area contributed by atoms with E-state index in [2.05, 4.69) is 9.97 Å². The Morgan fingerprint density at radius 2 is 2.05 bits per heavy atom. The van der Waals surface area contributed by atoms with Crippen LogP contribution in [0.15, 0.2) is 23.0 Å². The van der Waals surface area contributed by atoms with Crippen LogP contribution in [-0.2, 0) is 11.2 Å². The highest BCUT2D eigenvalue weighted by Crippen LogP contribution is 2.11. The van der Waals surface area contributed by atoms with Crippen LogP contribution in [0.3, 0.4) is 0 Å². The van der Waals surface area contributed by atoms with Crippen LogP contribution in [-0.4, -0.2) is 21.1 Å². The zero-order chi connectivity index (χ0) is 15.9. The molecule has 0 saturated heterocycles. The summed E-state index contributed by atoms with van der Waals surface area (Å²) in [6, 6.07) is 5.67. The Bertz CT molecular complexity index is 709. The highest BCUT2D eigenvalue weighted by atomic mass is 16.5. The number of nitrogens with one attached hydrogen (secondary N) is 2. The molecule has 0 spiro atoms. The van der Waals surface area contributed by atoms with Crippen LogP contribution in [0.4, 0.5) is 0 Å². The van der Waals surface area contributed by atoms with Crippen LogP contribution in [0.25, 0.3) is 10.9 Å². The van der Waals surface area contributed by atoms with E-state index in [0.717, 1.165) is 36.8 Å². The van der Waals surface area contributed by atoms with Gasteiger partial charge in [-0.1, -0.05) is 24.5 Å². The number of unbranched alkanes of at least 4 members (excludes halogenated alkanes) is 3. The fourth-order valence-electron chi connectivity index (χ4n) is 2.41. The quantitative estimate of drug-likeness (QED) is 0.415. The minimum atomic E-state index is -0.351. The van der Waals surface area contributed by atoms with Crippen LogP contribution in [0.1, 0.15) is 43.5 Å². The molecule has 0 radical (unpaired) electrons. The molecule has 118 valence electrons. The van der Waals surface area contributed by atoms with Crippen LogP contribution < -0.4 is 11.0 Å². The van der Waals surface area contributed by atoms with Crippen molar-refractivity contribution in [2.24, 2.45) is 0 Å². The minimum Gasteiger partial charge on any atom is -0.310 e. The van der Waals surface area contributed by atoms with Gasteiger partial charge in [0.2, 0.25) is 5.91 Å². The lowest BCUT2D eigenvalue weighted by molar-refractivity contribution is -0.129. The fraction of sp³-hybridized carbons (Fsp3) is 0.438. The number of aromatic nitrogens is 2. The maximum Gasteiger partial charge on any atom is 0.258 e. The molecular weight excluding hydrogens is 282 g/mol. The Balaban J connectivity index is 1.86. The van der Waals surface area contributed by atoms with E-state index in [9.17, 15) is 9.59 Å². The molecule has 1 amide bonds. The van der Waals surface area contributed by atoms with Crippen molar-refractivity contribution in [3.63, 3.8) is 0 Å². The van der Waals surface area contributed by atoms with Crippen molar-refractivity contribution in [2.45, 2.75) is 45.4 Å². The highest BCUT2D eigenvalue weighted by Gasteiger charge is 2.04. The molecule has 6 nitrogen and oxygen atoms in total. The van der Waals surface area contributed by atoms with E-state index >= 15 is 0 Å². The zero-order valence-corrected chi connectivity index (χ0v) is 12.7. The van der Waals surface area contributed by atoms with Gasteiger partial charge in [-0.05, 0) is 31.9 Å². The summed E-state index contributed by atoms with van der Waals surface area (Å²) in [5.74, 6) is 0.352. The van der Waals surface area contributed by atoms with Gasteiger partial charge in [-0.3, -0.25) is 14.8 Å². The Labute approximate surface area is 128 Å². The van der Waals surface area contributed by atoms with Gasteiger partial charge in [-0.2, -0.15) is 0 Å². The summed E-state index contributed by atoms with van der Waals surface area (Å²) in [7, 11) is 0. The molecular formula is C16H21N3O3. The molecule has 0 unspecified atom stereocenters. The summed E-state index contributed by atoms with van der Waals surface area (Å²) in [5.41, 5.74) is 3.29. The van der Waals surface area contributed by atoms with Gasteiger partial charge in [0.25, 0.3) is 5.56 Å². The Morgan fingerprint density at radius 3 is 2.82 bits per heavy atom. The number of fused-ring (bicyclic) bond motifs is 1. The lowest BCUT2D eigenvalue weighted by atomic mass is 10.1. The molecule has 2 aromatic rings. The number of carbonyl (C=O) groups excluding carboxylic acids is 1. The Kier molecular flexibility index (Phi) is 5.66. The van der Waals surface area contributed by atoms with E-state index in [1.165, 1.54) is 0 Å². The Morgan fingerprint density at radius 1 is 1.27 bits per heavy atom. The standard InChI is InChI=1S/C16H21N3O3/c1-11-8-9-13-12(10-11)16(21)18-14(17-13)6-4-2-3-5-7-15(20)19-22/h8-10,22H,2-7H2,1H3,(H,19,20)(H,17,18,21). The monoisotopic (exact) mass is 303 g/mol. The molecule has 2 rings (SSSR count). The lowest BCUT2D eigenvalue weighted by Crippen LogP contribution is -2.17. The number of hydroxylamine groups is 1. The number of hydrogen-bond donors (Lipinski definition) is 3. The number of aryl methyl sites for hydroxylation is 2. The Hall–Kier alpha value is -2.21. The third-order valence-corrected chi connectivity index (χ3v) is 3.60. The average molecular weight is 303 g/mol. The van der Waals surface area contributed by atoms with E-state index in [1.54, 1.807) is 5.48 Å². The summed E-state index contributed by atoms with van der Waals surface area (Å²) in [6.45, 7) is 1.95. The normalized spacial score (nSPS) is 10.8. The van der Waals surface area contributed by atoms with Gasteiger partial charge in [0.1, 0.15) is 5.82 Å². The summed E-state index contributed by atoms with van der Waals surface area (Å²) in [6.07, 6.45) is 4.55. The maximum atomic E-state index is 12.0. The molecule has 3 N–H and O–H groups in total. The first-order valence-corrected chi connectivity index (χ1v) is 7.52. The van der Waals surface area contributed by atoms with Crippen LogP contribution in [0.2, 0.25) is 0 Å². The van der Waals surface area contributed by atoms with Gasteiger partial charge in [-0.15, -0.1) is 0 Å². The summed E-state index contributed by atoms with van der Waals surface area (Å²) < 4.78 is 0. The number of H-pyrrole nitrogens is 1. The number of benzene rings is 1. The number of nitrogens with zero attached hydrogens (tertiary/aromatic N) is 1. The lowest BCUT2D eigenvalue weighted by Gasteiger charge is -2.04. The van der Waals surface area contributed by atoms with Gasteiger partial charge in [0, 0.05) is 12.8 Å². The smallest absolute Gasteiger partial charge is 0.258 e. The molecule has 0 aliphatic rings. The van der Waals surface area contributed by atoms with Crippen molar-refractivity contribution in [3.8, 4) is 0 Å². The largest absolute Gasteiger partial charge is 0.310 e. The fourth-order valence-corrected chi connectivity index (χ4v) is 2.41. The predicted molar refractivity (Wildman–Crippen MR) is 83.8 cm³/mol. The number of aromatic amines is 1. The van der Waals surface area contributed by atoms with E-state index in [-0.39, 0.29) is 11.5 Å². The SMILES string of the molecule is Cc1ccc2nc(CCCCCCC(=O)NO)[nH]c(=O)c2c1. The van der Waals surface area contributed by atoms with Crippen molar-refractivity contribution in [2.75, 3.05) is 0 Å². The van der Waals surface area contributed by atoms with Gasteiger partial charge < -0.3 is 4.98 Å². The van der Waals surface area contributed by atoms with Crippen molar-refractivity contribution < 1.29 is 10.0 Å². The van der Waals surface area contributed by atoms with Gasteiger partial charge in [0.15, 0.2) is 0 Å². The van der Waals surface area contributed by atoms with E-state index in [0.29, 0.717) is 24.1 Å². The van der Waals surface area contributed by atoms with Crippen LogP contribution in [0.5, 0.6) is 0 Å². The van der Waals surface area contributed by atoms with Crippen molar-refractivity contribution in [1.29, 1.82) is 0 Å². The van der Waals surface area contributed by atoms with Crippen molar-refractivity contribution in [3.05, 3.63) is 39.9 Å². The summed E-state index contributed by atoms with van der Waals surface area (Å²) in [4.78, 5) is 30.2. The zero-order valence-electron chi connectivity index (χ0n) is 12.7. The van der Waals surface area contributed by atoms with E-state index < -0.39 is 0 Å². The first-order chi connectivity index (χ1) is 10.6. The topological polar surface area (TPSA) is 95.1 Å². The van der Waals surface area contributed by atoms with Crippen LogP contribution >= 0.6 is 0 Å². The summed E-state index contributed by atoms with van der Waals surface area (Å²) >= 11 is 0. The van der Waals surface area contributed by atoms with Gasteiger partial charge in [0.05, 0.1) is 10.9 Å². The molecule has 1 aromatic heterocycles. The highest BCUT2D eigenvalue weighted by molar-refractivity contribution is 5.78. The number of rotatable bonds is 7. The second-order valence-electron chi connectivity index (χ2n) is 5.48. The molecule has 0 aliphatic heterocycles. The van der Waals surface area contributed by atoms with Gasteiger partial charge in [-0.25, -0.2) is 10.5 Å². The first-order valence-electron chi connectivity index (χ1n) is 7.52. The molecule has 22 heavy (non-hydrogen) atoms. The molecule has 0 aliphatic carbocycles. The minimum absolute atomic E-state index is 0.0942. The molecule has 1 aromatic carbocycles. The molecule has 1 heterocycles. The molecule has 6 heteroatoms. The third kappa shape index (κ3) is 4.39. The number of hydrogen-bond acceptors (Lipinski definition) is 4. The number of carbonyl (C=O) groups is 1. The first kappa shape index (κ1) is 16.2. The second kappa shape index (κ2) is 7.70. The maximum absolute atomic E-state index is 12.0. The number of amides is 1. The van der Waals surface area contributed by atoms with Crippen molar-refractivity contribution in [1.82, 2.24) is 15.4 Å². The molecule has 0 bridgehead atoms. The molecule has 0 saturated carbocycles. The van der Waals surface area contributed by atoms with E-state index in [1.807, 2.05) is 25.1 Å². The second-order valence-corrected chi connectivity index (χ2v) is 5.48. The van der Waals surface area contributed by atoms with E-state index in [4.69, 9.17) is 5.21 Å². The third-order valence-electron chi connectivity index (χ3n) is 3.60. The van der Waals surface area contributed by atoms with Crippen molar-refractivity contribution >= 4 is 16.8 Å². The van der Waals surface area contributed by atoms with Crippen LogP contribution in [0, 0.1) is 6.92 Å². The van der Waals surface area contributed by atoms with Gasteiger partial charge >= 0.3 is 0 Å². The molecule has 0 fully saturated rings.